The van der Waals surface area contributed by atoms with Crippen LogP contribution in [0.4, 0.5) is 26.3 Å². The van der Waals surface area contributed by atoms with E-state index in [-0.39, 0.29) is 11.1 Å². The smallest absolute Gasteiger partial charge is 0.405 e. The predicted octanol–water partition coefficient (Wildman–Crippen LogP) is 6.45. The molecule has 0 unspecified atom stereocenters. The van der Waals surface area contributed by atoms with E-state index in [1.165, 1.54) is 30.3 Å². The lowest BCUT2D eigenvalue weighted by Crippen LogP contribution is -2.19. The zero-order valence-corrected chi connectivity index (χ0v) is 14.1. The molecule has 2 nitrogen and oxygen atoms in total. The Morgan fingerprint density at radius 1 is 0.654 bits per heavy atom. The maximum Gasteiger partial charge on any atom is 0.573 e. The summed E-state index contributed by atoms with van der Waals surface area (Å²) in [6, 6.07) is 8.88. The van der Waals surface area contributed by atoms with Gasteiger partial charge < -0.3 is 9.47 Å². The van der Waals surface area contributed by atoms with Gasteiger partial charge in [0.2, 0.25) is 0 Å². The van der Waals surface area contributed by atoms with E-state index < -0.39 is 29.6 Å². The van der Waals surface area contributed by atoms with Gasteiger partial charge in [0.15, 0.2) is 0 Å². The Bertz CT molecular complexity index is 772. The quantitative estimate of drug-likeness (QED) is 0.572. The predicted molar refractivity (Wildman–Crippen MR) is 83.9 cm³/mol. The molecule has 0 aliphatic rings. The van der Waals surface area contributed by atoms with Gasteiger partial charge in [0, 0.05) is 11.1 Å². The van der Waals surface area contributed by atoms with Gasteiger partial charge >= 0.3 is 12.7 Å². The van der Waals surface area contributed by atoms with Crippen LogP contribution in [0.2, 0.25) is 0 Å². The maximum atomic E-state index is 12.7. The van der Waals surface area contributed by atoms with E-state index in [2.05, 4.69) is 9.47 Å². The lowest BCUT2D eigenvalue weighted by atomic mass is 9.85. The molecule has 2 rings (SSSR count). The van der Waals surface area contributed by atoms with Gasteiger partial charge in [-0.15, -0.1) is 26.3 Å². The Kier molecular flexibility index (Phi) is 5.17. The summed E-state index contributed by atoms with van der Waals surface area (Å²) in [7, 11) is 0. The SMILES string of the molecule is CC(C)(C)c1ccc(OC(F)(F)F)c(-c2ccccc2OC(F)(F)F)c1. The van der Waals surface area contributed by atoms with Gasteiger partial charge in [0.25, 0.3) is 0 Å². The van der Waals surface area contributed by atoms with Crippen molar-refractivity contribution in [2.24, 2.45) is 0 Å². The van der Waals surface area contributed by atoms with Crippen LogP contribution >= 0.6 is 0 Å². The maximum absolute atomic E-state index is 12.7. The first-order chi connectivity index (χ1) is 11.8. The molecule has 0 spiro atoms. The first-order valence-electron chi connectivity index (χ1n) is 7.52. The van der Waals surface area contributed by atoms with Crippen molar-refractivity contribution in [2.45, 2.75) is 38.9 Å². The Morgan fingerprint density at radius 3 is 1.65 bits per heavy atom. The van der Waals surface area contributed by atoms with Crippen LogP contribution in [0.5, 0.6) is 11.5 Å². The molecule has 2 aromatic carbocycles. The van der Waals surface area contributed by atoms with Crippen LogP contribution in [0.15, 0.2) is 42.5 Å². The molecule has 0 aliphatic heterocycles. The van der Waals surface area contributed by atoms with Gasteiger partial charge in [-0.05, 0) is 29.2 Å². The Morgan fingerprint density at radius 2 is 1.15 bits per heavy atom. The van der Waals surface area contributed by atoms with Crippen LogP contribution in [-0.2, 0) is 5.41 Å². The van der Waals surface area contributed by atoms with Crippen molar-refractivity contribution in [3.05, 3.63) is 48.0 Å². The van der Waals surface area contributed by atoms with E-state index in [9.17, 15) is 26.3 Å². The number of benzene rings is 2. The largest absolute Gasteiger partial charge is 0.573 e. The molecule has 142 valence electrons. The summed E-state index contributed by atoms with van der Waals surface area (Å²) < 4.78 is 84.0. The van der Waals surface area contributed by atoms with Crippen LogP contribution in [-0.4, -0.2) is 12.7 Å². The van der Waals surface area contributed by atoms with Crippen LogP contribution < -0.4 is 9.47 Å². The molecule has 0 heterocycles. The minimum atomic E-state index is -4.99. The molecule has 0 amide bonds. The van der Waals surface area contributed by atoms with E-state index >= 15 is 0 Å². The van der Waals surface area contributed by atoms with E-state index in [4.69, 9.17) is 0 Å². The average Bonchev–Trinajstić information content (AvgIpc) is 2.44. The summed E-state index contributed by atoms with van der Waals surface area (Å²) in [4.78, 5) is 0. The molecule has 0 saturated heterocycles. The minimum absolute atomic E-state index is 0.144. The molecule has 0 bridgehead atoms. The van der Waals surface area contributed by atoms with Crippen molar-refractivity contribution in [1.82, 2.24) is 0 Å². The van der Waals surface area contributed by atoms with E-state index in [1.54, 1.807) is 0 Å². The standard InChI is InChI=1S/C18H16F6O2/c1-16(2,3)11-8-9-15(26-18(22,23)24)13(10-11)12-6-4-5-7-14(12)25-17(19,20)21/h4-10H,1-3H3. The van der Waals surface area contributed by atoms with Crippen LogP contribution in [0.1, 0.15) is 26.3 Å². The summed E-state index contributed by atoms with van der Waals surface area (Å²) in [6.45, 7) is 5.48. The molecule has 8 heteroatoms. The molecule has 0 saturated carbocycles. The van der Waals surface area contributed by atoms with Gasteiger partial charge in [-0.3, -0.25) is 0 Å². The fourth-order valence-electron chi connectivity index (χ4n) is 2.32. The number of para-hydroxylation sites is 1. The van der Waals surface area contributed by atoms with Gasteiger partial charge in [0.1, 0.15) is 11.5 Å². The van der Waals surface area contributed by atoms with E-state index in [1.807, 2.05) is 20.8 Å². The highest BCUT2D eigenvalue weighted by atomic mass is 19.4. The molecule has 0 atom stereocenters. The molecular weight excluding hydrogens is 362 g/mol. The van der Waals surface area contributed by atoms with Gasteiger partial charge in [-0.25, -0.2) is 0 Å². The topological polar surface area (TPSA) is 18.5 Å². The van der Waals surface area contributed by atoms with Crippen molar-refractivity contribution in [1.29, 1.82) is 0 Å². The number of alkyl halides is 6. The normalized spacial score (nSPS) is 12.8. The molecular formula is C18H16F6O2. The van der Waals surface area contributed by atoms with Crippen molar-refractivity contribution < 1.29 is 35.8 Å². The number of rotatable bonds is 3. The highest BCUT2D eigenvalue weighted by Gasteiger charge is 2.35. The second-order valence-corrected chi connectivity index (χ2v) is 6.55. The van der Waals surface area contributed by atoms with Crippen molar-refractivity contribution in [3.8, 4) is 22.6 Å². The highest BCUT2D eigenvalue weighted by molar-refractivity contribution is 5.76. The fourth-order valence-corrected chi connectivity index (χ4v) is 2.32. The zero-order valence-electron chi connectivity index (χ0n) is 14.1. The number of ether oxygens (including phenoxy) is 2. The second-order valence-electron chi connectivity index (χ2n) is 6.55. The third-order valence-electron chi connectivity index (χ3n) is 3.47. The monoisotopic (exact) mass is 378 g/mol. The molecule has 0 aromatic heterocycles. The van der Waals surface area contributed by atoms with Crippen molar-refractivity contribution in [3.63, 3.8) is 0 Å². The Hall–Kier alpha value is -2.38. The average molecular weight is 378 g/mol. The number of hydrogen-bond donors (Lipinski definition) is 0. The molecule has 0 aliphatic carbocycles. The van der Waals surface area contributed by atoms with Gasteiger partial charge in [0.05, 0.1) is 0 Å². The number of halogens is 6. The lowest BCUT2D eigenvalue weighted by molar-refractivity contribution is -0.276. The molecule has 0 radical (unpaired) electrons. The Labute approximate surface area is 146 Å². The summed E-state index contributed by atoms with van der Waals surface area (Å²) >= 11 is 0. The minimum Gasteiger partial charge on any atom is -0.405 e. The van der Waals surface area contributed by atoms with Crippen molar-refractivity contribution in [2.75, 3.05) is 0 Å². The first-order valence-corrected chi connectivity index (χ1v) is 7.52. The fraction of sp³-hybridized carbons (Fsp3) is 0.333. The van der Waals surface area contributed by atoms with Crippen molar-refractivity contribution >= 4 is 0 Å². The van der Waals surface area contributed by atoms with Gasteiger partial charge in [-0.1, -0.05) is 45.0 Å². The van der Waals surface area contributed by atoms with E-state index in [0.717, 1.165) is 12.1 Å². The Balaban J connectivity index is 2.66. The summed E-state index contributed by atoms with van der Waals surface area (Å²) in [5.41, 5.74) is -0.112. The molecule has 0 fully saturated rings. The summed E-state index contributed by atoms with van der Waals surface area (Å²) in [5, 5.41) is 0. The summed E-state index contributed by atoms with van der Waals surface area (Å²) in [6.07, 6.45) is -9.97. The van der Waals surface area contributed by atoms with Crippen LogP contribution in [0.3, 0.4) is 0 Å². The third-order valence-corrected chi connectivity index (χ3v) is 3.47. The molecule has 26 heavy (non-hydrogen) atoms. The third kappa shape index (κ3) is 5.31. The van der Waals surface area contributed by atoms with E-state index in [0.29, 0.717) is 5.56 Å². The molecule has 0 N–H and O–H groups in total. The number of hydrogen-bond acceptors (Lipinski definition) is 2. The second kappa shape index (κ2) is 6.74. The molecule has 2 aromatic rings. The van der Waals surface area contributed by atoms with Crippen LogP contribution in [0, 0.1) is 0 Å². The first kappa shape index (κ1) is 19.9. The van der Waals surface area contributed by atoms with Crippen LogP contribution in [0.25, 0.3) is 11.1 Å². The highest BCUT2D eigenvalue weighted by Crippen LogP contribution is 2.42. The van der Waals surface area contributed by atoms with Gasteiger partial charge in [-0.2, -0.15) is 0 Å². The lowest BCUT2D eigenvalue weighted by Gasteiger charge is -2.23. The summed E-state index contributed by atoms with van der Waals surface area (Å²) in [5.74, 6) is -1.22. The zero-order chi connectivity index (χ0) is 19.8.